The molecule has 1 aliphatic rings. The Morgan fingerprint density at radius 3 is 2.57 bits per heavy atom. The van der Waals surface area contributed by atoms with Gasteiger partial charge in [-0.2, -0.15) is 0 Å². The zero-order valence-electron chi connectivity index (χ0n) is 12.8. The van der Waals surface area contributed by atoms with Gasteiger partial charge in [0.25, 0.3) is 0 Å². The number of amides is 1. The monoisotopic (exact) mass is 290 g/mol. The number of ether oxygens (including phenoxy) is 1. The zero-order valence-corrected chi connectivity index (χ0v) is 12.8. The number of carbonyl (C=O) groups is 2. The predicted octanol–water partition coefficient (Wildman–Crippen LogP) is 2.03. The van der Waals surface area contributed by atoms with Gasteiger partial charge in [0, 0.05) is 25.7 Å². The molecule has 1 N–H and O–H groups in total. The quantitative estimate of drug-likeness (QED) is 0.862. The highest BCUT2D eigenvalue weighted by Crippen LogP contribution is 2.32. The summed E-state index contributed by atoms with van der Waals surface area (Å²) in [5, 5.41) is 2.75. The standard InChI is InChI=1S/C16H22N2O3/c1-12(19)17-14-6-4-13(5-7-14)10-18-9-8-16(2,11-18)15(20)21-3/h4-7H,8-11H2,1-3H3,(H,17,19)/t16-/m1/s1. The van der Waals surface area contributed by atoms with E-state index in [0.717, 1.165) is 25.2 Å². The average Bonchev–Trinajstić information content (AvgIpc) is 2.82. The molecule has 2 rings (SSSR count). The number of likely N-dealkylation sites (tertiary alicyclic amines) is 1. The lowest BCUT2D eigenvalue weighted by Crippen LogP contribution is -2.32. The van der Waals surface area contributed by atoms with Crippen LogP contribution in [0.1, 0.15) is 25.8 Å². The summed E-state index contributed by atoms with van der Waals surface area (Å²) in [6.07, 6.45) is 0.823. The van der Waals surface area contributed by atoms with E-state index < -0.39 is 5.41 Å². The molecule has 114 valence electrons. The smallest absolute Gasteiger partial charge is 0.312 e. The van der Waals surface area contributed by atoms with Crippen LogP contribution in [0.25, 0.3) is 0 Å². The Hall–Kier alpha value is -1.88. The van der Waals surface area contributed by atoms with Crippen LogP contribution in [0.3, 0.4) is 0 Å². The van der Waals surface area contributed by atoms with Crippen molar-refractivity contribution in [1.29, 1.82) is 0 Å². The number of benzene rings is 1. The molecule has 1 saturated heterocycles. The van der Waals surface area contributed by atoms with E-state index in [4.69, 9.17) is 4.74 Å². The lowest BCUT2D eigenvalue weighted by Gasteiger charge is -2.21. The Morgan fingerprint density at radius 1 is 1.33 bits per heavy atom. The van der Waals surface area contributed by atoms with Gasteiger partial charge in [-0.25, -0.2) is 0 Å². The average molecular weight is 290 g/mol. The first-order valence-corrected chi connectivity index (χ1v) is 7.10. The van der Waals surface area contributed by atoms with Crippen LogP contribution < -0.4 is 5.32 Å². The molecular formula is C16H22N2O3. The number of methoxy groups -OCH3 is 1. The third kappa shape index (κ3) is 3.82. The van der Waals surface area contributed by atoms with Crippen molar-refractivity contribution in [1.82, 2.24) is 4.90 Å². The number of esters is 1. The van der Waals surface area contributed by atoms with Gasteiger partial charge in [-0.3, -0.25) is 14.5 Å². The number of carbonyl (C=O) groups excluding carboxylic acids is 2. The molecule has 1 fully saturated rings. The van der Waals surface area contributed by atoms with Crippen molar-refractivity contribution in [3.8, 4) is 0 Å². The molecule has 0 unspecified atom stereocenters. The molecule has 0 bridgehead atoms. The van der Waals surface area contributed by atoms with Gasteiger partial charge in [0.15, 0.2) is 0 Å². The Morgan fingerprint density at radius 2 is 2.00 bits per heavy atom. The third-order valence-corrected chi connectivity index (χ3v) is 3.91. The van der Waals surface area contributed by atoms with Crippen LogP contribution in [0, 0.1) is 5.41 Å². The number of hydrogen-bond acceptors (Lipinski definition) is 4. The molecule has 1 aromatic carbocycles. The number of nitrogens with one attached hydrogen (secondary N) is 1. The van der Waals surface area contributed by atoms with Crippen molar-refractivity contribution in [2.75, 3.05) is 25.5 Å². The van der Waals surface area contributed by atoms with Crippen molar-refractivity contribution >= 4 is 17.6 Å². The van der Waals surface area contributed by atoms with E-state index in [1.54, 1.807) is 0 Å². The predicted molar refractivity (Wildman–Crippen MR) is 80.8 cm³/mol. The second kappa shape index (κ2) is 6.26. The van der Waals surface area contributed by atoms with E-state index in [1.807, 2.05) is 31.2 Å². The fourth-order valence-electron chi connectivity index (χ4n) is 2.76. The molecule has 1 atom stereocenters. The maximum Gasteiger partial charge on any atom is 0.312 e. The fourth-order valence-corrected chi connectivity index (χ4v) is 2.76. The van der Waals surface area contributed by atoms with Gasteiger partial charge in [-0.05, 0) is 37.6 Å². The molecule has 0 saturated carbocycles. The highest BCUT2D eigenvalue weighted by atomic mass is 16.5. The molecule has 5 nitrogen and oxygen atoms in total. The molecule has 0 aliphatic carbocycles. The summed E-state index contributed by atoms with van der Waals surface area (Å²) in [6, 6.07) is 7.79. The first-order chi connectivity index (χ1) is 9.93. The van der Waals surface area contributed by atoms with Crippen molar-refractivity contribution < 1.29 is 14.3 Å². The summed E-state index contributed by atoms with van der Waals surface area (Å²) in [7, 11) is 1.44. The summed E-state index contributed by atoms with van der Waals surface area (Å²) < 4.78 is 4.88. The van der Waals surface area contributed by atoms with Gasteiger partial charge >= 0.3 is 5.97 Å². The molecule has 0 radical (unpaired) electrons. The van der Waals surface area contributed by atoms with Crippen LogP contribution in [0.5, 0.6) is 0 Å². The maximum atomic E-state index is 11.8. The summed E-state index contributed by atoms with van der Waals surface area (Å²) in [5.41, 5.74) is 1.57. The molecule has 1 heterocycles. The molecule has 1 aliphatic heterocycles. The van der Waals surface area contributed by atoms with Gasteiger partial charge < -0.3 is 10.1 Å². The molecule has 21 heavy (non-hydrogen) atoms. The molecule has 5 heteroatoms. The van der Waals surface area contributed by atoms with Crippen LogP contribution in [0.2, 0.25) is 0 Å². The normalized spacial score (nSPS) is 22.0. The summed E-state index contributed by atoms with van der Waals surface area (Å²) >= 11 is 0. The third-order valence-electron chi connectivity index (χ3n) is 3.91. The first-order valence-electron chi connectivity index (χ1n) is 7.10. The van der Waals surface area contributed by atoms with Crippen molar-refractivity contribution in [2.45, 2.75) is 26.8 Å². The van der Waals surface area contributed by atoms with Gasteiger partial charge in [0.2, 0.25) is 5.91 Å². The van der Waals surface area contributed by atoms with Crippen LogP contribution >= 0.6 is 0 Å². The minimum atomic E-state index is -0.398. The Balaban J connectivity index is 1.94. The van der Waals surface area contributed by atoms with Crippen LogP contribution in [0.4, 0.5) is 5.69 Å². The zero-order chi connectivity index (χ0) is 15.5. The second-order valence-electron chi connectivity index (χ2n) is 5.89. The van der Waals surface area contributed by atoms with Gasteiger partial charge in [-0.15, -0.1) is 0 Å². The minimum Gasteiger partial charge on any atom is -0.469 e. The molecular weight excluding hydrogens is 268 g/mol. The fraction of sp³-hybridized carbons (Fsp3) is 0.500. The van der Waals surface area contributed by atoms with E-state index in [2.05, 4.69) is 10.2 Å². The van der Waals surface area contributed by atoms with E-state index in [-0.39, 0.29) is 11.9 Å². The Bertz CT molecular complexity index is 527. The van der Waals surface area contributed by atoms with E-state index in [1.165, 1.54) is 19.6 Å². The minimum absolute atomic E-state index is 0.0730. The van der Waals surface area contributed by atoms with Gasteiger partial charge in [0.05, 0.1) is 12.5 Å². The van der Waals surface area contributed by atoms with Gasteiger partial charge in [0.1, 0.15) is 0 Å². The molecule has 1 amide bonds. The highest BCUT2D eigenvalue weighted by Gasteiger charge is 2.41. The SMILES string of the molecule is COC(=O)[C@]1(C)CCN(Cc2ccc(NC(C)=O)cc2)C1. The lowest BCUT2D eigenvalue weighted by molar-refractivity contribution is -0.151. The van der Waals surface area contributed by atoms with E-state index >= 15 is 0 Å². The van der Waals surface area contributed by atoms with Crippen molar-refractivity contribution in [3.63, 3.8) is 0 Å². The van der Waals surface area contributed by atoms with Crippen LogP contribution in [-0.4, -0.2) is 37.0 Å². The Kier molecular flexibility index (Phi) is 4.63. The largest absolute Gasteiger partial charge is 0.469 e. The van der Waals surface area contributed by atoms with E-state index in [0.29, 0.717) is 6.54 Å². The summed E-state index contributed by atoms with van der Waals surface area (Å²) in [5.74, 6) is -0.206. The molecule has 0 aromatic heterocycles. The highest BCUT2D eigenvalue weighted by molar-refractivity contribution is 5.88. The van der Waals surface area contributed by atoms with Crippen molar-refractivity contribution in [3.05, 3.63) is 29.8 Å². The maximum absolute atomic E-state index is 11.8. The number of anilines is 1. The van der Waals surface area contributed by atoms with E-state index in [9.17, 15) is 9.59 Å². The van der Waals surface area contributed by atoms with Crippen LogP contribution in [0.15, 0.2) is 24.3 Å². The number of nitrogens with zero attached hydrogens (tertiary/aromatic N) is 1. The van der Waals surface area contributed by atoms with Crippen LogP contribution in [-0.2, 0) is 20.9 Å². The Labute approximate surface area is 125 Å². The number of rotatable bonds is 4. The summed E-state index contributed by atoms with van der Waals surface area (Å²) in [4.78, 5) is 25.0. The lowest BCUT2D eigenvalue weighted by atomic mass is 9.90. The summed E-state index contributed by atoms with van der Waals surface area (Å²) in [6.45, 7) is 5.85. The molecule has 0 spiro atoms. The number of hydrogen-bond donors (Lipinski definition) is 1. The molecule has 1 aromatic rings. The second-order valence-corrected chi connectivity index (χ2v) is 5.89. The first kappa shape index (κ1) is 15.5. The van der Waals surface area contributed by atoms with Gasteiger partial charge in [-0.1, -0.05) is 12.1 Å². The van der Waals surface area contributed by atoms with Crippen molar-refractivity contribution in [2.24, 2.45) is 5.41 Å². The topological polar surface area (TPSA) is 58.6 Å².